The molecule has 4 atom stereocenters. The van der Waals surface area contributed by atoms with Gasteiger partial charge < -0.3 is 39.9 Å². The number of fused-ring (bicyclic) bond motifs is 2. The summed E-state index contributed by atoms with van der Waals surface area (Å²) in [5.41, 5.74) is 6.62. The van der Waals surface area contributed by atoms with Crippen LogP contribution in [0.4, 0.5) is 9.59 Å². The van der Waals surface area contributed by atoms with E-state index in [-0.39, 0.29) is 29.7 Å². The number of likely N-dealkylation sites (tertiary alicyclic amines) is 1. The van der Waals surface area contributed by atoms with Gasteiger partial charge in [0.1, 0.15) is 29.8 Å². The molecular weight excluding hydrogens is 725 g/mol. The van der Waals surface area contributed by atoms with Gasteiger partial charge in [0, 0.05) is 18.7 Å². The largest absolute Gasteiger partial charge is 0.453 e. The van der Waals surface area contributed by atoms with Crippen LogP contribution in [0, 0.1) is 11.8 Å². The van der Waals surface area contributed by atoms with Gasteiger partial charge in [0.25, 0.3) is 0 Å². The third-order valence-electron chi connectivity index (χ3n) is 11.0. The Hall–Kier alpha value is -6.18. The molecule has 4 amide bonds. The summed E-state index contributed by atoms with van der Waals surface area (Å²) in [4.78, 5) is 71.4. The molecule has 0 aliphatic carbocycles. The van der Waals surface area contributed by atoms with Crippen LogP contribution >= 0.6 is 0 Å². The normalized spacial score (nSPS) is 17.9. The van der Waals surface area contributed by atoms with Crippen LogP contribution in [0.25, 0.3) is 44.2 Å². The average Bonchev–Trinajstić information content (AvgIpc) is 4.03. The molecule has 298 valence electrons. The fourth-order valence-corrected chi connectivity index (χ4v) is 7.88. The number of aromatic amines is 2. The molecule has 14 nitrogen and oxygen atoms in total. The van der Waals surface area contributed by atoms with Crippen molar-refractivity contribution in [2.24, 2.45) is 11.8 Å². The number of amides is 4. The van der Waals surface area contributed by atoms with Crippen LogP contribution < -0.4 is 10.6 Å². The van der Waals surface area contributed by atoms with Gasteiger partial charge in [-0.3, -0.25) is 9.59 Å². The third kappa shape index (κ3) is 7.94. The average molecular weight is 775 g/mol. The first-order valence-corrected chi connectivity index (χ1v) is 19.4. The van der Waals surface area contributed by atoms with E-state index in [0.29, 0.717) is 18.9 Å². The lowest BCUT2D eigenvalue weighted by molar-refractivity contribution is -0.136. The van der Waals surface area contributed by atoms with Gasteiger partial charge in [-0.05, 0) is 77.8 Å². The zero-order valence-electron chi connectivity index (χ0n) is 33.4. The van der Waals surface area contributed by atoms with Crippen LogP contribution in [-0.4, -0.2) is 93.1 Å². The Kier molecular flexibility index (Phi) is 11.1. The monoisotopic (exact) mass is 774 g/mol. The zero-order chi connectivity index (χ0) is 40.5. The molecule has 2 aliphatic rings. The number of imidazole rings is 2. The summed E-state index contributed by atoms with van der Waals surface area (Å²) in [7, 11) is 2.57. The van der Waals surface area contributed by atoms with Crippen LogP contribution in [-0.2, 0) is 19.1 Å². The summed E-state index contributed by atoms with van der Waals surface area (Å²) < 4.78 is 9.55. The number of rotatable bonds is 10. The molecular formula is C43H50N8O6. The summed E-state index contributed by atoms with van der Waals surface area (Å²) in [6, 6.07) is 16.7. The Morgan fingerprint density at radius 3 is 2.02 bits per heavy atom. The van der Waals surface area contributed by atoms with Crippen molar-refractivity contribution < 1.29 is 28.7 Å². The minimum Gasteiger partial charge on any atom is -0.453 e. The van der Waals surface area contributed by atoms with Crippen molar-refractivity contribution in [2.45, 2.75) is 71.6 Å². The lowest BCUT2D eigenvalue weighted by atomic mass is 9.99. The van der Waals surface area contributed by atoms with Gasteiger partial charge in [-0.1, -0.05) is 69.7 Å². The zero-order valence-corrected chi connectivity index (χ0v) is 33.4. The molecule has 0 spiro atoms. The van der Waals surface area contributed by atoms with Gasteiger partial charge in [-0.15, -0.1) is 0 Å². The van der Waals surface area contributed by atoms with E-state index in [9.17, 15) is 19.2 Å². The highest BCUT2D eigenvalue weighted by molar-refractivity contribution is 5.92. The number of benzene rings is 3. The Labute approximate surface area is 331 Å². The van der Waals surface area contributed by atoms with Crippen molar-refractivity contribution in [2.75, 3.05) is 27.3 Å². The first-order chi connectivity index (χ1) is 27.3. The molecule has 0 saturated carbocycles. The number of hydrogen-bond acceptors (Lipinski definition) is 8. The Morgan fingerprint density at radius 2 is 1.37 bits per heavy atom. The number of nitrogens with one attached hydrogen (secondary N) is 4. The van der Waals surface area contributed by atoms with Crippen molar-refractivity contribution in [1.29, 1.82) is 0 Å². The lowest BCUT2D eigenvalue weighted by Crippen LogP contribution is -2.51. The van der Waals surface area contributed by atoms with E-state index < -0.39 is 30.3 Å². The van der Waals surface area contributed by atoms with Gasteiger partial charge >= 0.3 is 12.2 Å². The summed E-state index contributed by atoms with van der Waals surface area (Å²) in [6.07, 6.45) is 4.17. The summed E-state index contributed by atoms with van der Waals surface area (Å²) in [5.74, 6) is 0.788. The highest BCUT2D eigenvalue weighted by atomic mass is 16.5. The first-order valence-electron chi connectivity index (χ1n) is 19.4. The number of methoxy groups -OCH3 is 2. The molecule has 4 heterocycles. The quantitative estimate of drug-likeness (QED) is 0.110. The summed E-state index contributed by atoms with van der Waals surface area (Å²) in [6.45, 7) is 10.6. The number of carbonyl (C=O) groups is 4. The second-order valence-corrected chi connectivity index (χ2v) is 15.6. The minimum atomic E-state index is -0.736. The Morgan fingerprint density at radius 1 is 0.772 bits per heavy atom. The topological polar surface area (TPSA) is 175 Å². The number of carbonyl (C=O) groups excluding carboxylic acids is 4. The predicted molar refractivity (Wildman–Crippen MR) is 217 cm³/mol. The molecule has 4 unspecified atom stereocenters. The maximum Gasteiger partial charge on any atom is 0.407 e. The van der Waals surface area contributed by atoms with Crippen molar-refractivity contribution in [3.8, 4) is 22.4 Å². The van der Waals surface area contributed by atoms with Crippen LogP contribution in [0.5, 0.6) is 0 Å². The molecule has 57 heavy (non-hydrogen) atoms. The van der Waals surface area contributed by atoms with Crippen molar-refractivity contribution in [3.63, 3.8) is 0 Å². The van der Waals surface area contributed by atoms with Gasteiger partial charge in [0.05, 0.1) is 43.2 Å². The molecule has 14 heteroatoms. The maximum atomic E-state index is 13.7. The summed E-state index contributed by atoms with van der Waals surface area (Å²) in [5, 5.41) is 7.54. The molecule has 7 rings (SSSR count). The fourth-order valence-electron chi connectivity index (χ4n) is 7.88. The molecule has 5 aromatic rings. The Bertz CT molecular complexity index is 2360. The van der Waals surface area contributed by atoms with E-state index >= 15 is 0 Å². The van der Waals surface area contributed by atoms with Crippen LogP contribution in [0.2, 0.25) is 0 Å². The van der Waals surface area contributed by atoms with E-state index in [4.69, 9.17) is 19.4 Å². The predicted octanol–water partition coefficient (Wildman–Crippen LogP) is 7.03. The molecule has 2 aromatic heterocycles. The second-order valence-electron chi connectivity index (χ2n) is 15.6. The number of aromatic nitrogens is 4. The van der Waals surface area contributed by atoms with Crippen LogP contribution in [0.15, 0.2) is 72.4 Å². The highest BCUT2D eigenvalue weighted by Gasteiger charge is 2.38. The Balaban J connectivity index is 1.08. The van der Waals surface area contributed by atoms with Crippen LogP contribution in [0.1, 0.15) is 71.2 Å². The highest BCUT2D eigenvalue weighted by Crippen LogP contribution is 2.35. The smallest absolute Gasteiger partial charge is 0.407 e. The van der Waals surface area contributed by atoms with E-state index in [1.165, 1.54) is 14.2 Å². The second kappa shape index (κ2) is 16.1. The number of hydrogen-bond donors (Lipinski definition) is 4. The molecule has 1 fully saturated rings. The standard InChI is InChI=1S/C43H50N8O6/c1-23(2)36(48-42(54)56-6)40(52)50-16-8-9-34(50)39-45-31-15-14-29(20-32(31)46-39)27-10-11-28-19-30(13-12-26(28)18-27)33-21-44-38(47-33)35-17-25(5)22-51(35)41(53)37(24(3)4)49-43(55)57-7/h10-15,17-21,23-24,34-37H,8-9,16,22H2,1-7H3,(H,44,47)(H,45,46)(H,48,54)(H,49,55). The molecule has 0 bridgehead atoms. The van der Waals surface area contributed by atoms with E-state index in [1.54, 1.807) is 11.1 Å². The fraction of sp³-hybridized carbons (Fsp3) is 0.395. The molecule has 1 saturated heterocycles. The van der Waals surface area contributed by atoms with E-state index in [0.717, 1.165) is 68.4 Å². The van der Waals surface area contributed by atoms with Gasteiger partial charge in [0.15, 0.2) is 0 Å². The molecule has 0 radical (unpaired) electrons. The third-order valence-corrected chi connectivity index (χ3v) is 11.0. The first kappa shape index (κ1) is 39.1. The molecule has 4 N–H and O–H groups in total. The minimum absolute atomic E-state index is 0.112. The molecule has 2 aliphatic heterocycles. The van der Waals surface area contributed by atoms with Crippen molar-refractivity contribution in [3.05, 3.63) is 84.1 Å². The number of alkyl carbamates (subject to hydrolysis) is 2. The van der Waals surface area contributed by atoms with Gasteiger partial charge in [-0.25, -0.2) is 19.6 Å². The number of ether oxygens (including phenoxy) is 2. The van der Waals surface area contributed by atoms with Crippen molar-refractivity contribution >= 4 is 45.8 Å². The molecule has 3 aromatic carbocycles. The lowest BCUT2D eigenvalue weighted by Gasteiger charge is -2.30. The van der Waals surface area contributed by atoms with Gasteiger partial charge in [0.2, 0.25) is 11.8 Å². The maximum absolute atomic E-state index is 13.7. The summed E-state index contributed by atoms with van der Waals surface area (Å²) >= 11 is 0. The van der Waals surface area contributed by atoms with Crippen LogP contribution in [0.3, 0.4) is 0 Å². The SMILES string of the molecule is COC(=O)NC(C(=O)N1CC(C)=CC1c1ncc(-c2ccc3cc(-c4ccc5nc(C6CCCN6C(=O)C(NC(=O)OC)C(C)C)[nH]c5c4)ccc3c2)[nH]1)C(C)C. The number of nitrogens with zero attached hydrogens (tertiary/aromatic N) is 4. The van der Waals surface area contributed by atoms with E-state index in [2.05, 4.69) is 69.1 Å². The number of H-pyrrole nitrogens is 2. The van der Waals surface area contributed by atoms with Crippen molar-refractivity contribution in [1.82, 2.24) is 40.4 Å². The van der Waals surface area contributed by atoms with Gasteiger partial charge in [-0.2, -0.15) is 0 Å². The van der Waals surface area contributed by atoms with E-state index in [1.807, 2.05) is 51.7 Å².